The van der Waals surface area contributed by atoms with Crippen LogP contribution in [-0.2, 0) is 16.4 Å². The number of hydrogen-bond acceptors (Lipinski definition) is 4. The van der Waals surface area contributed by atoms with Gasteiger partial charge in [0.15, 0.2) is 9.84 Å². The van der Waals surface area contributed by atoms with Gasteiger partial charge >= 0.3 is 0 Å². The molecule has 1 aliphatic heterocycles. The Hall–Kier alpha value is -0.910. The number of nitrogens with zero attached hydrogens (tertiary/aromatic N) is 2. The summed E-state index contributed by atoms with van der Waals surface area (Å²) in [5, 5.41) is 0. The Balaban J connectivity index is 1.96. The van der Waals surface area contributed by atoms with E-state index in [1.807, 2.05) is 12.1 Å². The largest absolute Gasteiger partial charge is 0.306 e. The van der Waals surface area contributed by atoms with E-state index in [1.165, 1.54) is 31.1 Å². The fraction of sp³-hybridized carbons (Fsp3) is 0.625. The molecule has 1 aromatic carbocycles. The van der Waals surface area contributed by atoms with Crippen LogP contribution in [0.2, 0.25) is 0 Å². The smallest absolute Gasteiger partial charge is 0.175 e. The van der Waals surface area contributed by atoms with E-state index < -0.39 is 9.84 Å². The third-order valence-electron chi connectivity index (χ3n) is 4.28. The van der Waals surface area contributed by atoms with Gasteiger partial charge in [-0.2, -0.15) is 0 Å². The minimum atomic E-state index is -3.09. The molecule has 0 aliphatic carbocycles. The van der Waals surface area contributed by atoms with Gasteiger partial charge in [-0.05, 0) is 64.1 Å². The van der Waals surface area contributed by atoms with Crippen LogP contribution in [0, 0.1) is 0 Å². The van der Waals surface area contributed by atoms with Crippen molar-refractivity contribution in [3.8, 4) is 0 Å². The van der Waals surface area contributed by atoms with Crippen molar-refractivity contribution in [1.29, 1.82) is 0 Å². The number of hydrogen-bond donors (Lipinski definition) is 0. The van der Waals surface area contributed by atoms with E-state index in [1.54, 1.807) is 12.1 Å². The quantitative estimate of drug-likeness (QED) is 0.853. The molecule has 1 aromatic rings. The lowest BCUT2D eigenvalue weighted by Crippen LogP contribution is -2.29. The summed E-state index contributed by atoms with van der Waals surface area (Å²) in [5.74, 6) is 0. The summed E-state index contributed by atoms with van der Waals surface area (Å²) in [6.45, 7) is 3.14. The molecule has 0 amide bonds. The summed E-state index contributed by atoms with van der Waals surface area (Å²) in [6, 6.07) is 7.98. The number of likely N-dealkylation sites (tertiary alicyclic amines) is 1. The third kappa shape index (κ3) is 4.80. The van der Waals surface area contributed by atoms with Crippen LogP contribution >= 0.6 is 0 Å². The van der Waals surface area contributed by atoms with Crippen LogP contribution in [-0.4, -0.2) is 57.7 Å². The SMILES string of the molecule is CN(C)C1CCCN(Cc2ccc(S(C)(=O)=O)cc2)CC1. The van der Waals surface area contributed by atoms with Crippen LogP contribution in [0.5, 0.6) is 0 Å². The molecule has 118 valence electrons. The van der Waals surface area contributed by atoms with Gasteiger partial charge < -0.3 is 4.90 Å². The van der Waals surface area contributed by atoms with Crippen molar-refractivity contribution in [1.82, 2.24) is 9.80 Å². The zero-order valence-electron chi connectivity index (χ0n) is 13.2. The first-order valence-corrected chi connectivity index (χ1v) is 9.43. The first kappa shape index (κ1) is 16.5. The molecule has 0 spiro atoms. The van der Waals surface area contributed by atoms with Gasteiger partial charge in [0.05, 0.1) is 4.90 Å². The fourth-order valence-corrected chi connectivity index (χ4v) is 3.54. The second kappa shape index (κ2) is 6.90. The van der Waals surface area contributed by atoms with Crippen LogP contribution < -0.4 is 0 Å². The van der Waals surface area contributed by atoms with Gasteiger partial charge in [0.25, 0.3) is 0 Å². The van der Waals surface area contributed by atoms with Crippen molar-refractivity contribution in [3.05, 3.63) is 29.8 Å². The lowest BCUT2D eigenvalue weighted by molar-refractivity contribution is 0.245. The molecule has 4 nitrogen and oxygen atoms in total. The van der Waals surface area contributed by atoms with Gasteiger partial charge in [-0.3, -0.25) is 4.90 Å². The van der Waals surface area contributed by atoms with E-state index in [9.17, 15) is 8.42 Å². The van der Waals surface area contributed by atoms with Crippen molar-refractivity contribution >= 4 is 9.84 Å². The van der Waals surface area contributed by atoms with Crippen molar-refractivity contribution in [2.24, 2.45) is 0 Å². The molecule has 1 aliphatic rings. The van der Waals surface area contributed by atoms with Crippen LogP contribution in [0.25, 0.3) is 0 Å². The summed E-state index contributed by atoms with van der Waals surface area (Å²) >= 11 is 0. The molecule has 0 aromatic heterocycles. The summed E-state index contributed by atoms with van der Waals surface area (Å²) in [5.41, 5.74) is 1.19. The highest BCUT2D eigenvalue weighted by Crippen LogP contribution is 2.17. The Morgan fingerprint density at radius 3 is 2.38 bits per heavy atom. The Labute approximate surface area is 128 Å². The average Bonchev–Trinajstić information content (AvgIpc) is 2.64. The maximum absolute atomic E-state index is 11.5. The Bertz CT molecular complexity index is 552. The van der Waals surface area contributed by atoms with Crippen LogP contribution in [0.1, 0.15) is 24.8 Å². The Morgan fingerprint density at radius 2 is 1.81 bits per heavy atom. The van der Waals surface area contributed by atoms with Crippen molar-refractivity contribution in [2.45, 2.75) is 36.7 Å². The van der Waals surface area contributed by atoms with Gasteiger partial charge in [0, 0.05) is 18.8 Å². The van der Waals surface area contributed by atoms with Gasteiger partial charge in [-0.25, -0.2) is 8.42 Å². The molecule has 0 radical (unpaired) electrons. The van der Waals surface area contributed by atoms with E-state index in [4.69, 9.17) is 0 Å². The minimum Gasteiger partial charge on any atom is -0.306 e. The van der Waals surface area contributed by atoms with E-state index in [-0.39, 0.29) is 0 Å². The van der Waals surface area contributed by atoms with Gasteiger partial charge in [-0.1, -0.05) is 12.1 Å². The minimum absolute atomic E-state index is 0.398. The molecule has 1 atom stereocenters. The molecule has 0 saturated carbocycles. The van der Waals surface area contributed by atoms with Crippen molar-refractivity contribution in [2.75, 3.05) is 33.4 Å². The average molecular weight is 310 g/mol. The third-order valence-corrected chi connectivity index (χ3v) is 5.41. The lowest BCUT2D eigenvalue weighted by Gasteiger charge is -2.23. The van der Waals surface area contributed by atoms with Gasteiger partial charge in [0.2, 0.25) is 0 Å². The maximum Gasteiger partial charge on any atom is 0.175 e. The topological polar surface area (TPSA) is 40.6 Å². The first-order chi connectivity index (χ1) is 9.86. The van der Waals surface area contributed by atoms with Crippen molar-refractivity contribution in [3.63, 3.8) is 0 Å². The lowest BCUT2D eigenvalue weighted by atomic mass is 10.1. The molecular weight excluding hydrogens is 284 g/mol. The molecule has 5 heteroatoms. The van der Waals surface area contributed by atoms with Crippen molar-refractivity contribution < 1.29 is 8.42 Å². The summed E-state index contributed by atoms with van der Waals surface area (Å²) in [4.78, 5) is 5.19. The van der Waals surface area contributed by atoms with E-state index in [2.05, 4.69) is 23.9 Å². The fourth-order valence-electron chi connectivity index (χ4n) is 2.91. The monoisotopic (exact) mass is 310 g/mol. The highest BCUT2D eigenvalue weighted by Gasteiger charge is 2.18. The van der Waals surface area contributed by atoms with E-state index >= 15 is 0 Å². The maximum atomic E-state index is 11.5. The second-order valence-corrected chi connectivity index (χ2v) is 8.26. The van der Waals surface area contributed by atoms with E-state index in [0.29, 0.717) is 10.9 Å². The Morgan fingerprint density at radius 1 is 1.14 bits per heavy atom. The predicted octanol–water partition coefficient (Wildman–Crippen LogP) is 2.01. The highest BCUT2D eigenvalue weighted by atomic mass is 32.2. The molecule has 2 rings (SSSR count). The zero-order valence-corrected chi connectivity index (χ0v) is 14.1. The normalized spacial score (nSPS) is 21.4. The van der Waals surface area contributed by atoms with Crippen LogP contribution in [0.4, 0.5) is 0 Å². The summed E-state index contributed by atoms with van der Waals surface area (Å²) in [6.07, 6.45) is 4.94. The molecule has 1 fully saturated rings. The van der Waals surface area contributed by atoms with Gasteiger partial charge in [0.1, 0.15) is 0 Å². The molecular formula is C16H26N2O2S. The van der Waals surface area contributed by atoms with Crippen LogP contribution in [0.3, 0.4) is 0 Å². The number of sulfone groups is 1. The molecule has 1 unspecified atom stereocenters. The molecule has 1 heterocycles. The predicted molar refractivity (Wildman–Crippen MR) is 86.2 cm³/mol. The molecule has 0 bridgehead atoms. The molecule has 1 saturated heterocycles. The zero-order chi connectivity index (χ0) is 15.5. The molecule has 21 heavy (non-hydrogen) atoms. The summed E-state index contributed by atoms with van der Waals surface area (Å²) in [7, 11) is 1.22. The second-order valence-electron chi connectivity index (χ2n) is 6.24. The number of benzene rings is 1. The number of rotatable bonds is 4. The van der Waals surface area contributed by atoms with Gasteiger partial charge in [-0.15, -0.1) is 0 Å². The highest BCUT2D eigenvalue weighted by molar-refractivity contribution is 7.90. The Kier molecular flexibility index (Phi) is 5.41. The van der Waals surface area contributed by atoms with Crippen LogP contribution in [0.15, 0.2) is 29.2 Å². The first-order valence-electron chi connectivity index (χ1n) is 7.54. The standard InChI is InChI=1S/C16H26N2O2S/c1-17(2)15-5-4-11-18(12-10-15)13-14-6-8-16(9-7-14)21(3,19)20/h6-9,15H,4-5,10-13H2,1-3H3. The van der Waals surface area contributed by atoms with E-state index in [0.717, 1.165) is 19.6 Å². The summed E-state index contributed by atoms with van der Waals surface area (Å²) < 4.78 is 22.9. The molecule has 0 N–H and O–H groups in total.